The molecule has 2 aromatic heterocycles. The fourth-order valence-electron chi connectivity index (χ4n) is 2.50. The monoisotopic (exact) mass is 486 g/mol. The van der Waals surface area contributed by atoms with Crippen molar-refractivity contribution in [3.63, 3.8) is 0 Å². The number of pyridine rings is 2. The van der Waals surface area contributed by atoms with Gasteiger partial charge in [0.25, 0.3) is 0 Å². The van der Waals surface area contributed by atoms with Gasteiger partial charge in [-0.3, -0.25) is 0 Å². The van der Waals surface area contributed by atoms with Gasteiger partial charge < -0.3 is 0 Å². The first-order valence-corrected chi connectivity index (χ1v) is 8.38. The van der Waals surface area contributed by atoms with Crippen molar-refractivity contribution in [2.24, 2.45) is 0 Å². The molecule has 0 spiro atoms. The summed E-state index contributed by atoms with van der Waals surface area (Å²) in [6.07, 6.45) is 6.82. The zero-order chi connectivity index (χ0) is 19.9. The minimum atomic E-state index is -0.568. The number of aromatic nitrogens is 2. The van der Waals surface area contributed by atoms with Gasteiger partial charge in [0, 0.05) is 48.5 Å². The summed E-state index contributed by atoms with van der Waals surface area (Å²) in [6.45, 7) is 0. The van der Waals surface area contributed by atoms with Crippen molar-refractivity contribution >= 4 is 0 Å². The number of nitrogens with zero attached hydrogens (tertiary/aromatic N) is 2. The van der Waals surface area contributed by atoms with Crippen molar-refractivity contribution in [2.45, 2.75) is 0 Å². The van der Waals surface area contributed by atoms with E-state index in [2.05, 4.69) is 0 Å². The Bertz CT molecular complexity index is 974. The van der Waals surface area contributed by atoms with Crippen LogP contribution in [0.2, 0.25) is 0 Å². The molecule has 0 N–H and O–H groups in total. The van der Waals surface area contributed by atoms with Gasteiger partial charge in [-0.05, 0) is 12.1 Å². The van der Waals surface area contributed by atoms with Crippen LogP contribution in [-0.2, 0) is 19.5 Å². The van der Waals surface area contributed by atoms with Crippen molar-refractivity contribution in [2.75, 3.05) is 0 Å². The van der Waals surface area contributed by atoms with Crippen LogP contribution >= 0.6 is 0 Å². The van der Waals surface area contributed by atoms with E-state index >= 15 is 0 Å². The van der Waals surface area contributed by atoms with Crippen LogP contribution in [-0.4, -0.2) is 0 Å². The maximum atomic E-state index is 13.3. The number of hydrogen-bond donors (Lipinski definition) is 0. The average molecular weight is 485 g/mol. The van der Waals surface area contributed by atoms with Gasteiger partial charge in [0.05, 0.1) is 0 Å². The summed E-state index contributed by atoms with van der Waals surface area (Å²) in [6, 6.07) is 17.8. The molecule has 0 amide bonds. The predicted octanol–water partition coefficient (Wildman–Crippen LogP) is 4.48. The van der Waals surface area contributed by atoms with E-state index < -0.39 is 23.3 Å². The van der Waals surface area contributed by atoms with Crippen LogP contribution in [0.1, 0.15) is 0 Å². The zero-order valence-electron chi connectivity index (χ0n) is 15.0. The molecule has 7 heteroatoms. The second-order valence-corrected chi connectivity index (χ2v) is 5.76. The van der Waals surface area contributed by atoms with E-state index in [1.807, 2.05) is 12.1 Å². The largest absolute Gasteiger partial charge is 3.00 e. The number of rotatable bonds is 2. The van der Waals surface area contributed by atoms with Crippen LogP contribution in [0.5, 0.6) is 0 Å². The third-order valence-corrected chi connectivity index (χ3v) is 3.81. The van der Waals surface area contributed by atoms with E-state index in [-0.39, 0.29) is 19.5 Å². The normalized spacial score (nSPS) is 9.79. The molecule has 0 unspecified atom stereocenters. The Morgan fingerprint density at radius 1 is 0.483 bits per heavy atom. The molecule has 29 heavy (non-hydrogen) atoms. The molecular weight excluding hydrogens is 469 g/mol. The molecule has 0 atom stereocenters. The first kappa shape index (κ1) is 22.4. The Morgan fingerprint density at radius 2 is 0.828 bits per heavy atom. The second-order valence-electron chi connectivity index (χ2n) is 5.76. The minimum Gasteiger partial charge on any atom is -0.207 e. The molecular formula is C22H16F4N2Ru+5. The minimum absolute atomic E-state index is 0. The molecule has 0 aliphatic rings. The van der Waals surface area contributed by atoms with Crippen molar-refractivity contribution in [1.82, 2.24) is 0 Å². The summed E-state index contributed by atoms with van der Waals surface area (Å²) < 4.78 is 55.0. The van der Waals surface area contributed by atoms with Gasteiger partial charge in [-0.15, -0.1) is 0 Å². The van der Waals surface area contributed by atoms with E-state index in [1.165, 1.54) is 24.3 Å². The predicted molar refractivity (Wildman–Crippen MR) is 95.8 cm³/mol. The molecule has 2 aromatic carbocycles. The number of hydrogen-bond acceptors (Lipinski definition) is 0. The van der Waals surface area contributed by atoms with Gasteiger partial charge in [0.2, 0.25) is 11.4 Å². The molecule has 4 rings (SSSR count). The van der Waals surface area contributed by atoms with Crippen LogP contribution in [0.25, 0.3) is 11.4 Å². The smallest absolute Gasteiger partial charge is 0.207 e. The molecule has 2 heterocycles. The Balaban J connectivity index is 0.000000200. The van der Waals surface area contributed by atoms with E-state index in [0.717, 1.165) is 12.1 Å². The van der Waals surface area contributed by atoms with Crippen LogP contribution in [0, 0.1) is 23.3 Å². The molecule has 0 saturated heterocycles. The van der Waals surface area contributed by atoms with Gasteiger partial charge in [0.15, 0.2) is 36.4 Å². The summed E-state index contributed by atoms with van der Waals surface area (Å²) in [7, 11) is 0. The van der Waals surface area contributed by atoms with Crippen molar-refractivity contribution in [3.05, 3.63) is 121 Å². The second kappa shape index (κ2) is 10.6. The van der Waals surface area contributed by atoms with Crippen molar-refractivity contribution < 1.29 is 46.2 Å². The van der Waals surface area contributed by atoms with Gasteiger partial charge >= 0.3 is 19.5 Å². The maximum Gasteiger partial charge on any atom is 3.00 e. The summed E-state index contributed by atoms with van der Waals surface area (Å²) in [5.74, 6) is -2.27. The Kier molecular flexibility index (Phi) is 8.16. The zero-order valence-corrected chi connectivity index (χ0v) is 16.7. The summed E-state index contributed by atoms with van der Waals surface area (Å²) in [5.41, 5.74) is 0.680. The molecule has 0 aliphatic heterocycles. The van der Waals surface area contributed by atoms with Gasteiger partial charge in [0.1, 0.15) is 11.6 Å². The molecule has 1 radical (unpaired) electrons. The van der Waals surface area contributed by atoms with Crippen molar-refractivity contribution in [3.8, 4) is 11.4 Å². The fourth-order valence-corrected chi connectivity index (χ4v) is 2.50. The van der Waals surface area contributed by atoms with Crippen LogP contribution in [0.4, 0.5) is 17.6 Å². The first-order chi connectivity index (χ1) is 13.5. The standard InChI is InChI=1S/2C11H8F2N.Ru/c2*12-9-4-5-11(10(13)8-9)14-6-2-1-3-7-14;/h2*1-8H;/q2*+1;+3. The quantitative estimate of drug-likeness (QED) is 0.225. The summed E-state index contributed by atoms with van der Waals surface area (Å²) in [4.78, 5) is 0. The Hall–Kier alpha value is -2.92. The van der Waals surface area contributed by atoms with Gasteiger partial charge in [-0.1, -0.05) is 12.1 Å². The van der Waals surface area contributed by atoms with E-state index in [9.17, 15) is 17.6 Å². The van der Waals surface area contributed by atoms with Crippen LogP contribution < -0.4 is 9.13 Å². The average Bonchev–Trinajstić information content (AvgIpc) is 2.70. The molecule has 145 valence electrons. The number of halogens is 4. The Labute approximate surface area is 178 Å². The van der Waals surface area contributed by atoms with Crippen molar-refractivity contribution in [1.29, 1.82) is 0 Å². The molecule has 2 nitrogen and oxygen atoms in total. The molecule has 0 fully saturated rings. The Morgan fingerprint density at radius 3 is 1.14 bits per heavy atom. The molecule has 4 aromatic rings. The third kappa shape index (κ3) is 6.03. The molecule has 0 bridgehead atoms. The van der Waals surface area contributed by atoms with Crippen LogP contribution in [0.15, 0.2) is 97.6 Å². The maximum absolute atomic E-state index is 13.3. The topological polar surface area (TPSA) is 7.76 Å². The van der Waals surface area contributed by atoms with E-state index in [0.29, 0.717) is 11.4 Å². The van der Waals surface area contributed by atoms with Gasteiger partial charge in [-0.2, -0.15) is 17.9 Å². The third-order valence-electron chi connectivity index (χ3n) is 3.81. The van der Waals surface area contributed by atoms with Crippen LogP contribution in [0.3, 0.4) is 0 Å². The first-order valence-electron chi connectivity index (χ1n) is 8.38. The SMILES string of the molecule is Fc1ccc(-[n+]2ccccc2)c(F)c1.Fc1ccc(-[n+]2ccccc2)c(F)c1.[Ru+3]. The van der Waals surface area contributed by atoms with Gasteiger partial charge in [-0.25, -0.2) is 8.78 Å². The fraction of sp³-hybridized carbons (Fsp3) is 0. The molecule has 0 saturated carbocycles. The van der Waals surface area contributed by atoms with E-state index in [4.69, 9.17) is 0 Å². The molecule has 0 aliphatic carbocycles. The summed E-state index contributed by atoms with van der Waals surface area (Å²) in [5, 5.41) is 0. The van der Waals surface area contributed by atoms with E-state index in [1.54, 1.807) is 58.2 Å². The summed E-state index contributed by atoms with van der Waals surface area (Å²) >= 11 is 0. The number of benzene rings is 2.